The average molecular weight is 1800 g/mol. The van der Waals surface area contributed by atoms with Gasteiger partial charge >= 0.3 is 6.03 Å². The summed E-state index contributed by atoms with van der Waals surface area (Å²) in [5.41, 5.74) is 10.1. The van der Waals surface area contributed by atoms with Gasteiger partial charge in [0, 0.05) is 48.0 Å². The third-order valence-electron chi connectivity index (χ3n) is 21.7. The highest BCUT2D eigenvalue weighted by Crippen LogP contribution is 2.48. The van der Waals surface area contributed by atoms with E-state index in [1.165, 1.54) is 74.7 Å². The number of unbranched alkanes of at least 4 members (excludes halogenated alkanes) is 1. The van der Waals surface area contributed by atoms with Crippen molar-refractivity contribution in [3.8, 4) is 35.8 Å². The Morgan fingerprint density at radius 3 is 1.47 bits per heavy atom. The predicted molar refractivity (Wildman–Crippen MR) is 515 cm³/mol. The van der Waals surface area contributed by atoms with Gasteiger partial charge in [-0.15, -0.1) is 45.3 Å². The van der Waals surface area contributed by atoms with Gasteiger partial charge in [-0.05, 0) is 181 Å². The van der Waals surface area contributed by atoms with Crippen LogP contribution in [0, 0.1) is 50.7 Å². The smallest absolute Gasteiger partial charge is 0.329 e. The van der Waals surface area contributed by atoms with Gasteiger partial charge in [-0.2, -0.15) is 21.0 Å². The molecule has 13 aromatic rings. The van der Waals surface area contributed by atoms with Gasteiger partial charge in [0.15, 0.2) is 6.04 Å². The summed E-state index contributed by atoms with van der Waals surface area (Å²) in [6, 6.07) is 76.1. The SMILES string of the molecule is CC(=O)N(C)c1ccccc1SC(C#N)c1nc2ccccc2s1.CC1C(=O)N(C(C#N)c2nc3ccccc3s2)C(=O)N1Cc1ccccc1.CCC(C)(C)c1ccc(OCCCNC(=O)c2ccc(SC(C#N)c3nc4ccccc4s3)cc2)c(C(C)(C)CC)c1.CCCCOc1ccc(C(C)(C)CC(C)(C)C)cc1SC(C#N)c1nc2ccccc2s1. The number of carbonyl (C=O) groups excluding carboxylic acids is 4. The van der Waals surface area contributed by atoms with E-state index in [9.17, 15) is 40.2 Å². The van der Waals surface area contributed by atoms with E-state index in [1.54, 1.807) is 65.4 Å². The van der Waals surface area contributed by atoms with Crippen molar-refractivity contribution < 1.29 is 28.7 Å². The molecule has 1 saturated heterocycles. The lowest BCUT2D eigenvalue weighted by atomic mass is 9.72. The highest BCUT2D eigenvalue weighted by atomic mass is 32.2. The Bertz CT molecular complexity index is 5950. The van der Waals surface area contributed by atoms with Gasteiger partial charge < -0.3 is 24.6 Å². The Kier molecular flexibility index (Phi) is 32.8. The molecule has 1 aliphatic rings. The lowest BCUT2D eigenvalue weighted by molar-refractivity contribution is -0.128. The van der Waals surface area contributed by atoms with Gasteiger partial charge in [-0.1, -0.05) is 234 Å². The first-order valence-electron chi connectivity index (χ1n) is 41.8. The molecule has 0 radical (unpaired) electrons. The van der Waals surface area contributed by atoms with Crippen LogP contribution in [0.25, 0.3) is 40.9 Å². The molecule has 14 rings (SSSR count). The number of rotatable bonds is 30. The second kappa shape index (κ2) is 43.3. The minimum Gasteiger partial charge on any atom is -0.493 e. The summed E-state index contributed by atoms with van der Waals surface area (Å²) in [5.74, 6) is 1.25. The van der Waals surface area contributed by atoms with E-state index in [0.29, 0.717) is 43.3 Å². The number of nitrogens with zero attached hydrogens (tertiary/aromatic N) is 11. The molecule has 0 bridgehead atoms. The minimum absolute atomic E-state index is 0.00940. The van der Waals surface area contributed by atoms with Crippen LogP contribution in [0.1, 0.15) is 210 Å². The Morgan fingerprint density at radius 2 is 0.976 bits per heavy atom. The van der Waals surface area contributed by atoms with E-state index >= 15 is 0 Å². The topological polar surface area (TPSA) is 255 Å². The second-order valence-electron chi connectivity index (χ2n) is 33.5. The van der Waals surface area contributed by atoms with Gasteiger partial charge in [-0.3, -0.25) is 14.4 Å². The lowest BCUT2D eigenvalue weighted by Crippen LogP contribution is -2.35. The number of thioether (sulfide) groups is 3. The van der Waals surface area contributed by atoms with Crippen molar-refractivity contribution >= 4 is 151 Å². The van der Waals surface area contributed by atoms with E-state index in [1.807, 2.05) is 158 Å². The number of benzene rings is 9. The first-order valence-corrected chi connectivity index (χ1v) is 47.8. The van der Waals surface area contributed by atoms with Crippen molar-refractivity contribution in [2.45, 2.75) is 201 Å². The van der Waals surface area contributed by atoms with Crippen molar-refractivity contribution in [2.24, 2.45) is 5.41 Å². The van der Waals surface area contributed by atoms with Gasteiger partial charge in [0.2, 0.25) is 5.91 Å². The van der Waals surface area contributed by atoms with E-state index in [2.05, 4.69) is 170 Å². The maximum absolute atomic E-state index is 13.0. The number of ether oxygens (including phenoxy) is 2. The summed E-state index contributed by atoms with van der Waals surface area (Å²) in [6.45, 7) is 32.4. The first-order chi connectivity index (χ1) is 59.9. The van der Waals surface area contributed by atoms with Crippen LogP contribution in [-0.2, 0) is 32.4 Å². The number of amides is 5. The molecule has 0 spiro atoms. The molecule has 5 heterocycles. The van der Waals surface area contributed by atoms with Gasteiger partial charge in [-0.25, -0.2) is 29.6 Å². The highest BCUT2D eigenvalue weighted by Gasteiger charge is 2.47. The van der Waals surface area contributed by atoms with E-state index in [0.717, 1.165) is 130 Å². The Balaban J connectivity index is 0.000000166. The zero-order valence-corrected chi connectivity index (χ0v) is 79.1. The van der Waals surface area contributed by atoms with Crippen LogP contribution in [0.15, 0.2) is 227 Å². The van der Waals surface area contributed by atoms with Crippen LogP contribution >= 0.6 is 80.6 Å². The molecule has 5 atom stereocenters. The molecule has 0 aliphatic carbocycles. The maximum Gasteiger partial charge on any atom is 0.329 e. The van der Waals surface area contributed by atoms with Crippen molar-refractivity contribution in [1.29, 1.82) is 21.0 Å². The standard InChI is InChI=1S/C35H41N3O2S2.C27H34N2OS2.C20H16N4O2S.C18H15N3OS2/c1-7-34(3,4)25-16-19-29(27(22-25)35(5,6)8-2)40-21-11-20-37-32(39)24-14-17-26(18-15-24)41-31(23-36)33-38-28-12-9-10-13-30(28)42-33;1-7-8-15-30-21-14-13-19(27(5,6)18-26(2,3)4)16-23(21)31-24(17-28)25-29-20-11-9-10-12-22(20)32-25;1-13-19(25)24(20(26)23(13)12-14-7-3-2-4-8-14)16(11-21)18-22-15-9-5-6-10-17(15)27-18;1-12(22)21(2)14-8-4-6-10-16(14)23-17(11-19)18-20-13-7-3-5-9-15(13)24-18/h9-10,12-19,22,31H,7-8,11,20-21H2,1-6H3,(H,37,39);9-14,16,24H,7-8,15,18H2,1-6H3;2-10,13,16H,12H2,1H3;3-10,17H,1-2H3. The molecule has 1 N–H and O–H groups in total. The van der Waals surface area contributed by atoms with E-state index in [-0.39, 0.29) is 44.6 Å². The van der Waals surface area contributed by atoms with Gasteiger partial charge in [0.25, 0.3) is 11.8 Å². The van der Waals surface area contributed by atoms with Gasteiger partial charge in [0.05, 0.1) is 88.9 Å². The second-order valence-corrected chi connectivity index (χ2v) is 41.2. The zero-order valence-electron chi connectivity index (χ0n) is 73.4. The van der Waals surface area contributed by atoms with Gasteiger partial charge in [0.1, 0.15) is 53.3 Å². The van der Waals surface area contributed by atoms with Crippen LogP contribution in [0.5, 0.6) is 11.5 Å². The summed E-state index contributed by atoms with van der Waals surface area (Å²) in [6.07, 6.45) is 5.98. The summed E-state index contributed by atoms with van der Waals surface area (Å²) in [4.78, 5) is 75.6. The lowest BCUT2D eigenvalue weighted by Gasteiger charge is -2.33. The minimum atomic E-state index is -1.02. The molecular formula is C100H106N12O6S7. The average Bonchev–Trinajstić information content (AvgIpc) is 1.74. The number of aromatic nitrogens is 4. The van der Waals surface area contributed by atoms with Crippen LogP contribution in [0.2, 0.25) is 0 Å². The number of fused-ring (bicyclic) bond motifs is 4. The normalized spacial score (nSPS) is 13.8. The third kappa shape index (κ3) is 24.4. The maximum atomic E-state index is 13.0. The molecular weight excluding hydrogens is 1690 g/mol. The molecule has 5 amide bonds. The Morgan fingerprint density at radius 1 is 0.520 bits per heavy atom. The number of thiazole rings is 4. The summed E-state index contributed by atoms with van der Waals surface area (Å²) >= 11 is 10.4. The quantitative estimate of drug-likeness (QED) is 0.0249. The van der Waals surface area contributed by atoms with E-state index < -0.39 is 28.6 Å². The van der Waals surface area contributed by atoms with Crippen LogP contribution < -0.4 is 19.7 Å². The molecule has 4 aromatic heterocycles. The molecule has 125 heavy (non-hydrogen) atoms. The molecule has 18 nitrogen and oxygen atoms in total. The molecule has 644 valence electrons. The Labute approximate surface area is 763 Å². The number of imide groups is 1. The number of urea groups is 1. The summed E-state index contributed by atoms with van der Waals surface area (Å²) in [7, 11) is 1.74. The monoisotopic (exact) mass is 1790 g/mol. The summed E-state index contributed by atoms with van der Waals surface area (Å²) in [5, 5.41) is 43.8. The number of hydrogen-bond acceptors (Lipinski definition) is 21. The van der Waals surface area contributed by atoms with Crippen LogP contribution in [-0.4, -0.2) is 86.3 Å². The van der Waals surface area contributed by atoms with Crippen molar-refractivity contribution in [3.05, 3.63) is 260 Å². The van der Waals surface area contributed by atoms with Crippen LogP contribution in [0.3, 0.4) is 0 Å². The van der Waals surface area contributed by atoms with Crippen molar-refractivity contribution in [3.63, 3.8) is 0 Å². The number of hydrogen-bond donors (Lipinski definition) is 1. The number of anilines is 1. The number of para-hydroxylation sites is 5. The number of nitriles is 4. The first kappa shape index (κ1) is 94.7. The highest BCUT2D eigenvalue weighted by molar-refractivity contribution is 8.00. The van der Waals surface area contributed by atoms with Crippen molar-refractivity contribution in [1.82, 2.24) is 35.1 Å². The fourth-order valence-corrected chi connectivity index (χ4v) is 21.3. The third-order valence-corrected chi connectivity index (χ3v) is 30.0. The summed E-state index contributed by atoms with van der Waals surface area (Å²) < 4.78 is 16.6. The van der Waals surface area contributed by atoms with Crippen molar-refractivity contribution in [2.75, 3.05) is 31.7 Å². The molecule has 9 aromatic carbocycles. The fraction of sp³-hybridized carbons (Fsp3) is 0.340. The molecule has 5 unspecified atom stereocenters. The Hall–Kier alpha value is -11.0. The largest absolute Gasteiger partial charge is 0.493 e. The van der Waals surface area contributed by atoms with Crippen LogP contribution in [0.4, 0.5) is 10.5 Å². The molecule has 1 fully saturated rings. The fourth-order valence-electron chi connectivity index (χ4n) is 14.1. The zero-order chi connectivity index (χ0) is 89.8. The van der Waals surface area contributed by atoms with E-state index in [4.69, 9.17) is 14.5 Å². The molecule has 25 heteroatoms. The predicted octanol–water partition coefficient (Wildman–Crippen LogP) is 26.1. The molecule has 1 aliphatic heterocycles. The number of nitrogens with one attached hydrogen (secondary N) is 1. The number of carbonyl (C=O) groups is 4. The molecule has 0 saturated carbocycles.